The van der Waals surface area contributed by atoms with Crippen molar-refractivity contribution in [2.24, 2.45) is 5.92 Å². The summed E-state index contributed by atoms with van der Waals surface area (Å²) < 4.78 is 5.26. The maximum atomic E-state index is 12.6. The molecule has 0 saturated carbocycles. The van der Waals surface area contributed by atoms with E-state index in [-0.39, 0.29) is 11.8 Å². The van der Waals surface area contributed by atoms with Gasteiger partial charge in [0.2, 0.25) is 0 Å². The number of hydrogen-bond acceptors (Lipinski definition) is 3. The van der Waals surface area contributed by atoms with Crippen LogP contribution in [0.2, 0.25) is 0 Å². The Labute approximate surface area is 164 Å². The highest BCUT2D eigenvalue weighted by Gasteiger charge is 2.37. The van der Waals surface area contributed by atoms with Crippen LogP contribution in [0.15, 0.2) is 89.6 Å². The fraction of sp³-hybridized carbons (Fsp3) is 0.160. The van der Waals surface area contributed by atoms with Crippen molar-refractivity contribution in [3.8, 4) is 0 Å². The second-order valence-corrected chi connectivity index (χ2v) is 7.40. The van der Waals surface area contributed by atoms with Gasteiger partial charge in [0, 0.05) is 17.2 Å². The van der Waals surface area contributed by atoms with Crippen LogP contribution in [-0.2, 0) is 0 Å². The monoisotopic (exact) mass is 367 g/mol. The summed E-state index contributed by atoms with van der Waals surface area (Å²) in [6.45, 7) is 0. The number of carbonyl (C=O) groups excluding carboxylic acids is 1. The van der Waals surface area contributed by atoms with Gasteiger partial charge in [0.15, 0.2) is 5.78 Å². The lowest BCUT2D eigenvalue weighted by Gasteiger charge is -2.37. The highest BCUT2D eigenvalue weighted by molar-refractivity contribution is 6.07. The van der Waals surface area contributed by atoms with E-state index < -0.39 is 0 Å². The van der Waals surface area contributed by atoms with Crippen molar-refractivity contribution in [3.63, 3.8) is 0 Å². The van der Waals surface area contributed by atoms with Crippen LogP contribution in [0, 0.1) is 5.92 Å². The van der Waals surface area contributed by atoms with E-state index in [2.05, 4.69) is 47.8 Å². The number of allylic oxidation sites excluding steroid dienone is 3. The molecule has 0 amide bonds. The third-order valence-electron chi connectivity index (χ3n) is 5.75. The molecule has 1 aliphatic carbocycles. The molecule has 0 radical (unpaired) electrons. The third kappa shape index (κ3) is 2.99. The lowest BCUT2D eigenvalue weighted by molar-refractivity contribution is 0.104. The summed E-state index contributed by atoms with van der Waals surface area (Å²) in [5, 5.41) is 3.72. The van der Waals surface area contributed by atoms with Crippen molar-refractivity contribution in [2.75, 3.05) is 5.32 Å². The van der Waals surface area contributed by atoms with E-state index in [4.69, 9.17) is 4.42 Å². The third-order valence-corrected chi connectivity index (χ3v) is 5.75. The Hall–Kier alpha value is -3.33. The molecule has 28 heavy (non-hydrogen) atoms. The normalized spacial score (nSPS) is 22.6. The Balaban J connectivity index is 1.46. The van der Waals surface area contributed by atoms with Gasteiger partial charge in [-0.05, 0) is 65.9 Å². The second-order valence-electron chi connectivity index (χ2n) is 7.40. The summed E-state index contributed by atoms with van der Waals surface area (Å²) in [7, 11) is 0. The molecule has 3 heteroatoms. The van der Waals surface area contributed by atoms with Crippen LogP contribution in [0.3, 0.4) is 0 Å². The van der Waals surface area contributed by atoms with Crippen molar-refractivity contribution in [2.45, 2.75) is 18.4 Å². The van der Waals surface area contributed by atoms with E-state index in [1.54, 1.807) is 18.4 Å². The van der Waals surface area contributed by atoms with Gasteiger partial charge >= 0.3 is 0 Å². The van der Waals surface area contributed by atoms with Gasteiger partial charge < -0.3 is 9.73 Å². The maximum absolute atomic E-state index is 12.6. The summed E-state index contributed by atoms with van der Waals surface area (Å²) in [4.78, 5) is 12.6. The first-order valence-corrected chi connectivity index (χ1v) is 9.67. The van der Waals surface area contributed by atoms with E-state index in [0.29, 0.717) is 23.2 Å². The first kappa shape index (κ1) is 16.8. The average molecular weight is 367 g/mol. The van der Waals surface area contributed by atoms with Crippen LogP contribution >= 0.6 is 0 Å². The summed E-state index contributed by atoms with van der Waals surface area (Å²) in [5.74, 6) is 1.47. The zero-order valence-electron chi connectivity index (χ0n) is 15.4. The molecule has 0 unspecified atom stereocenters. The number of carbonyl (C=O) groups is 1. The van der Waals surface area contributed by atoms with Crippen LogP contribution in [0.25, 0.3) is 6.08 Å². The molecular formula is C25H21NO2. The molecule has 0 fully saturated rings. The SMILES string of the molecule is O=C(/C=C/c1ccco1)c1ccc2c(c1)[C@H]1C=CC[C@H]1[C@H](c1ccccc1)N2. The summed E-state index contributed by atoms with van der Waals surface area (Å²) in [6.07, 6.45) is 10.5. The first-order valence-electron chi connectivity index (χ1n) is 9.67. The number of furan rings is 1. The summed E-state index contributed by atoms with van der Waals surface area (Å²) in [5.41, 5.74) is 4.35. The lowest BCUT2D eigenvalue weighted by Crippen LogP contribution is -2.29. The molecule has 0 saturated heterocycles. The van der Waals surface area contributed by atoms with Gasteiger partial charge in [-0.1, -0.05) is 42.5 Å². The molecule has 1 aromatic heterocycles. The molecule has 5 rings (SSSR count). The van der Waals surface area contributed by atoms with Crippen molar-refractivity contribution >= 4 is 17.5 Å². The second kappa shape index (κ2) is 7.01. The number of rotatable bonds is 4. The fourth-order valence-corrected chi connectivity index (χ4v) is 4.38. The van der Waals surface area contributed by atoms with E-state index in [1.807, 2.05) is 30.3 Å². The smallest absolute Gasteiger partial charge is 0.185 e. The minimum atomic E-state index is -0.0112. The number of benzene rings is 2. The lowest BCUT2D eigenvalue weighted by atomic mass is 9.76. The Morgan fingerprint density at radius 3 is 2.79 bits per heavy atom. The standard InChI is InChI=1S/C25H21NO2/c27-24(14-12-19-8-5-15-28-19)18-11-13-23-22(16-18)20-9-4-10-21(20)25(26-23)17-6-2-1-3-7-17/h1-9,11-16,20-21,25-26H,10H2/b14-12+/t20-,21+,25-/m0/s1. The number of fused-ring (bicyclic) bond motifs is 3. The van der Waals surface area contributed by atoms with Crippen LogP contribution < -0.4 is 5.32 Å². The van der Waals surface area contributed by atoms with Gasteiger partial charge in [0.05, 0.1) is 12.3 Å². The molecule has 2 aromatic carbocycles. The molecule has 3 nitrogen and oxygen atoms in total. The van der Waals surface area contributed by atoms with Gasteiger partial charge in [0.25, 0.3) is 0 Å². The van der Waals surface area contributed by atoms with Gasteiger partial charge in [0.1, 0.15) is 5.76 Å². The average Bonchev–Trinajstić information content (AvgIpc) is 3.44. The van der Waals surface area contributed by atoms with Gasteiger partial charge in [-0.3, -0.25) is 4.79 Å². The minimum absolute atomic E-state index is 0.0112. The molecule has 2 heterocycles. The zero-order chi connectivity index (χ0) is 18.9. The van der Waals surface area contributed by atoms with Crippen molar-refractivity contribution in [1.82, 2.24) is 0 Å². The van der Waals surface area contributed by atoms with Crippen LogP contribution in [0.1, 0.15) is 45.6 Å². The largest absolute Gasteiger partial charge is 0.465 e. The van der Waals surface area contributed by atoms with Gasteiger partial charge in [-0.15, -0.1) is 0 Å². The molecular weight excluding hydrogens is 346 g/mol. The topological polar surface area (TPSA) is 42.2 Å². The Morgan fingerprint density at radius 2 is 1.96 bits per heavy atom. The van der Waals surface area contributed by atoms with Crippen molar-refractivity contribution in [1.29, 1.82) is 0 Å². The quantitative estimate of drug-likeness (QED) is 0.349. The maximum Gasteiger partial charge on any atom is 0.185 e. The summed E-state index contributed by atoms with van der Waals surface area (Å²) >= 11 is 0. The fourth-order valence-electron chi connectivity index (χ4n) is 4.38. The van der Waals surface area contributed by atoms with Crippen LogP contribution in [0.4, 0.5) is 5.69 Å². The van der Waals surface area contributed by atoms with E-state index in [1.165, 1.54) is 11.1 Å². The molecule has 0 spiro atoms. The van der Waals surface area contributed by atoms with E-state index >= 15 is 0 Å². The molecule has 1 aliphatic heterocycles. The van der Waals surface area contributed by atoms with Crippen molar-refractivity contribution in [3.05, 3.63) is 108 Å². The molecule has 1 N–H and O–H groups in total. The summed E-state index contributed by atoms with van der Waals surface area (Å²) in [6, 6.07) is 20.5. The minimum Gasteiger partial charge on any atom is -0.465 e. The zero-order valence-corrected chi connectivity index (χ0v) is 15.4. The molecule has 3 atom stereocenters. The van der Waals surface area contributed by atoms with E-state index in [0.717, 1.165) is 12.1 Å². The predicted octanol–water partition coefficient (Wildman–Crippen LogP) is 6.00. The van der Waals surface area contributed by atoms with Gasteiger partial charge in [-0.2, -0.15) is 0 Å². The number of hydrogen-bond donors (Lipinski definition) is 1. The molecule has 138 valence electrons. The highest BCUT2D eigenvalue weighted by atomic mass is 16.3. The number of ketones is 1. The molecule has 0 bridgehead atoms. The predicted molar refractivity (Wildman–Crippen MR) is 111 cm³/mol. The van der Waals surface area contributed by atoms with Crippen LogP contribution in [0.5, 0.6) is 0 Å². The van der Waals surface area contributed by atoms with E-state index in [9.17, 15) is 4.79 Å². The van der Waals surface area contributed by atoms with Crippen molar-refractivity contribution < 1.29 is 9.21 Å². The highest BCUT2D eigenvalue weighted by Crippen LogP contribution is 2.49. The number of anilines is 1. The Morgan fingerprint density at radius 1 is 1.07 bits per heavy atom. The molecule has 2 aliphatic rings. The van der Waals surface area contributed by atoms with Gasteiger partial charge in [-0.25, -0.2) is 0 Å². The Kier molecular flexibility index (Phi) is 4.21. The van der Waals surface area contributed by atoms with Crippen LogP contribution in [-0.4, -0.2) is 5.78 Å². The Bertz CT molecular complexity index is 1050. The number of nitrogens with one attached hydrogen (secondary N) is 1. The first-order chi connectivity index (χ1) is 13.8. The molecule has 3 aromatic rings.